The van der Waals surface area contributed by atoms with Crippen molar-refractivity contribution in [1.82, 2.24) is 9.80 Å². The Bertz CT molecular complexity index is 227. The first kappa shape index (κ1) is 11.2. The highest BCUT2D eigenvalue weighted by atomic mass is 15.3. The fourth-order valence-electron chi connectivity index (χ4n) is 2.71. The molecule has 1 atom stereocenters. The lowest BCUT2D eigenvalue weighted by atomic mass is 9.92. The first-order chi connectivity index (χ1) is 7.29. The topological polar surface area (TPSA) is 6.48 Å². The highest BCUT2D eigenvalue weighted by molar-refractivity contribution is 5.07. The summed E-state index contributed by atoms with van der Waals surface area (Å²) < 4.78 is 0. The van der Waals surface area contributed by atoms with E-state index in [2.05, 4.69) is 29.8 Å². The summed E-state index contributed by atoms with van der Waals surface area (Å²) in [5, 5.41) is 0. The summed E-state index contributed by atoms with van der Waals surface area (Å²) >= 11 is 0. The van der Waals surface area contributed by atoms with Gasteiger partial charge >= 0.3 is 0 Å². The van der Waals surface area contributed by atoms with E-state index < -0.39 is 0 Å². The van der Waals surface area contributed by atoms with Gasteiger partial charge in [0.25, 0.3) is 0 Å². The zero-order valence-electron chi connectivity index (χ0n) is 10.2. The molecule has 1 fully saturated rings. The normalized spacial score (nSPS) is 30.3. The Morgan fingerprint density at radius 3 is 2.53 bits per heavy atom. The minimum Gasteiger partial charge on any atom is -0.304 e. The molecule has 0 radical (unpaired) electrons. The van der Waals surface area contributed by atoms with E-state index in [9.17, 15) is 0 Å². The number of allylic oxidation sites excluding steroid dienone is 1. The first-order valence-electron chi connectivity index (χ1n) is 6.40. The molecule has 15 heavy (non-hydrogen) atoms. The Morgan fingerprint density at radius 1 is 1.27 bits per heavy atom. The minimum atomic E-state index is 0.842. The molecule has 0 saturated carbocycles. The standard InChI is InChI=1S/C13H24N2/c1-3-12-4-6-13(7-5-12)15-10-8-14(2)9-11-15/h4,13H,3,5-11H2,1-2H3. The largest absolute Gasteiger partial charge is 0.304 e. The highest BCUT2D eigenvalue weighted by Gasteiger charge is 2.23. The van der Waals surface area contributed by atoms with E-state index in [1.165, 1.54) is 51.9 Å². The monoisotopic (exact) mass is 208 g/mol. The predicted octanol–water partition coefficient (Wildman–Crippen LogP) is 2.12. The summed E-state index contributed by atoms with van der Waals surface area (Å²) in [6.07, 6.45) is 7.78. The first-order valence-corrected chi connectivity index (χ1v) is 6.40. The number of rotatable bonds is 2. The Labute approximate surface area is 93.9 Å². The Hall–Kier alpha value is -0.340. The van der Waals surface area contributed by atoms with Gasteiger partial charge < -0.3 is 4.90 Å². The van der Waals surface area contributed by atoms with Crippen molar-refractivity contribution in [3.63, 3.8) is 0 Å². The number of piperazine rings is 1. The molecule has 2 aliphatic rings. The van der Waals surface area contributed by atoms with Crippen LogP contribution in [0.5, 0.6) is 0 Å². The molecule has 0 aromatic rings. The molecule has 0 bridgehead atoms. The average molecular weight is 208 g/mol. The van der Waals surface area contributed by atoms with Crippen LogP contribution in [0.4, 0.5) is 0 Å². The molecule has 0 amide bonds. The molecule has 2 heteroatoms. The third-order valence-electron chi connectivity index (χ3n) is 3.99. The molecule has 1 saturated heterocycles. The number of likely N-dealkylation sites (N-methyl/N-ethyl adjacent to an activating group) is 1. The minimum absolute atomic E-state index is 0.842. The van der Waals surface area contributed by atoms with Gasteiger partial charge in [-0.25, -0.2) is 0 Å². The van der Waals surface area contributed by atoms with Gasteiger partial charge in [-0.1, -0.05) is 18.6 Å². The van der Waals surface area contributed by atoms with Crippen molar-refractivity contribution in [3.05, 3.63) is 11.6 Å². The maximum Gasteiger partial charge on any atom is 0.0134 e. The second-order valence-electron chi connectivity index (χ2n) is 4.98. The third kappa shape index (κ3) is 2.82. The van der Waals surface area contributed by atoms with E-state index in [4.69, 9.17) is 0 Å². The zero-order chi connectivity index (χ0) is 10.7. The second-order valence-corrected chi connectivity index (χ2v) is 4.98. The molecule has 2 nitrogen and oxygen atoms in total. The number of hydrogen-bond donors (Lipinski definition) is 0. The summed E-state index contributed by atoms with van der Waals surface area (Å²) in [5.74, 6) is 0. The molecular formula is C13H24N2. The molecule has 1 heterocycles. The van der Waals surface area contributed by atoms with E-state index in [1.54, 1.807) is 5.57 Å². The van der Waals surface area contributed by atoms with Crippen LogP contribution in [0.1, 0.15) is 32.6 Å². The maximum atomic E-state index is 2.70. The molecule has 0 spiro atoms. The van der Waals surface area contributed by atoms with Crippen molar-refractivity contribution in [1.29, 1.82) is 0 Å². The lowest BCUT2D eigenvalue weighted by Crippen LogP contribution is -2.49. The van der Waals surface area contributed by atoms with Crippen molar-refractivity contribution in [3.8, 4) is 0 Å². The summed E-state index contributed by atoms with van der Waals surface area (Å²) in [6, 6.07) is 0.842. The van der Waals surface area contributed by atoms with E-state index >= 15 is 0 Å². The van der Waals surface area contributed by atoms with Gasteiger partial charge in [-0.2, -0.15) is 0 Å². The fraction of sp³-hybridized carbons (Fsp3) is 0.846. The van der Waals surface area contributed by atoms with Crippen LogP contribution in [-0.4, -0.2) is 49.1 Å². The smallest absolute Gasteiger partial charge is 0.0134 e. The van der Waals surface area contributed by atoms with Crippen LogP contribution >= 0.6 is 0 Å². The van der Waals surface area contributed by atoms with Gasteiger partial charge in [-0.05, 0) is 32.7 Å². The quantitative estimate of drug-likeness (QED) is 0.641. The lowest BCUT2D eigenvalue weighted by Gasteiger charge is -2.39. The van der Waals surface area contributed by atoms with Crippen LogP contribution in [0.15, 0.2) is 11.6 Å². The van der Waals surface area contributed by atoms with Gasteiger partial charge in [-0.15, -0.1) is 0 Å². The van der Waals surface area contributed by atoms with Gasteiger partial charge in [0.2, 0.25) is 0 Å². The van der Waals surface area contributed by atoms with Crippen molar-refractivity contribution < 1.29 is 0 Å². The summed E-state index contributed by atoms with van der Waals surface area (Å²) in [7, 11) is 2.23. The highest BCUT2D eigenvalue weighted by Crippen LogP contribution is 2.24. The van der Waals surface area contributed by atoms with Gasteiger partial charge in [-0.3, -0.25) is 4.90 Å². The van der Waals surface area contributed by atoms with Crippen LogP contribution in [0.25, 0.3) is 0 Å². The molecule has 1 aliphatic carbocycles. The Kier molecular flexibility index (Phi) is 3.81. The molecule has 0 aromatic heterocycles. The second kappa shape index (κ2) is 5.13. The SMILES string of the molecule is CCC1=CCC(N2CCN(C)CC2)CC1. The third-order valence-corrected chi connectivity index (χ3v) is 3.99. The van der Waals surface area contributed by atoms with Gasteiger partial charge in [0, 0.05) is 32.2 Å². The van der Waals surface area contributed by atoms with Gasteiger partial charge in [0.05, 0.1) is 0 Å². The number of hydrogen-bond acceptors (Lipinski definition) is 2. The Morgan fingerprint density at radius 2 is 2.00 bits per heavy atom. The number of nitrogens with zero attached hydrogens (tertiary/aromatic N) is 2. The van der Waals surface area contributed by atoms with Gasteiger partial charge in [0.15, 0.2) is 0 Å². The summed E-state index contributed by atoms with van der Waals surface area (Å²) in [5.41, 5.74) is 1.68. The molecule has 1 aliphatic heterocycles. The van der Waals surface area contributed by atoms with Crippen molar-refractivity contribution in [2.75, 3.05) is 33.2 Å². The van der Waals surface area contributed by atoms with Crippen LogP contribution in [-0.2, 0) is 0 Å². The maximum absolute atomic E-state index is 2.70. The van der Waals surface area contributed by atoms with Crippen molar-refractivity contribution in [2.24, 2.45) is 0 Å². The van der Waals surface area contributed by atoms with E-state index in [0.29, 0.717) is 0 Å². The molecule has 0 aromatic carbocycles. The average Bonchev–Trinajstić information content (AvgIpc) is 2.30. The molecule has 1 unspecified atom stereocenters. The van der Waals surface area contributed by atoms with Crippen molar-refractivity contribution >= 4 is 0 Å². The lowest BCUT2D eigenvalue weighted by molar-refractivity contribution is 0.105. The van der Waals surface area contributed by atoms with Crippen molar-refractivity contribution in [2.45, 2.75) is 38.6 Å². The zero-order valence-corrected chi connectivity index (χ0v) is 10.2. The van der Waals surface area contributed by atoms with E-state index in [0.717, 1.165) is 6.04 Å². The van der Waals surface area contributed by atoms with Crippen LogP contribution in [0.2, 0.25) is 0 Å². The molecule has 2 rings (SSSR count). The van der Waals surface area contributed by atoms with Gasteiger partial charge in [0.1, 0.15) is 0 Å². The van der Waals surface area contributed by atoms with Crippen LogP contribution in [0.3, 0.4) is 0 Å². The molecule has 86 valence electrons. The van der Waals surface area contributed by atoms with E-state index in [-0.39, 0.29) is 0 Å². The van der Waals surface area contributed by atoms with Crippen LogP contribution in [0, 0.1) is 0 Å². The summed E-state index contributed by atoms with van der Waals surface area (Å²) in [6.45, 7) is 7.33. The Balaban J connectivity index is 1.83. The van der Waals surface area contributed by atoms with Crippen LogP contribution < -0.4 is 0 Å². The molecular weight excluding hydrogens is 184 g/mol. The molecule has 0 N–H and O–H groups in total. The van der Waals surface area contributed by atoms with E-state index in [1.807, 2.05) is 0 Å². The fourth-order valence-corrected chi connectivity index (χ4v) is 2.71. The summed E-state index contributed by atoms with van der Waals surface area (Å²) in [4.78, 5) is 5.13. The predicted molar refractivity (Wildman–Crippen MR) is 65.1 cm³/mol.